The minimum Gasteiger partial charge on any atom is -0.493 e. The Morgan fingerprint density at radius 3 is 1.34 bits per heavy atom. The lowest BCUT2D eigenvalue weighted by molar-refractivity contribution is -0.145. The van der Waals surface area contributed by atoms with E-state index in [-0.39, 0.29) is 27.2 Å². The number of benzene rings is 11. The smallest absolute Gasteiger partial charge is 0.417 e. The van der Waals surface area contributed by atoms with E-state index in [0.29, 0.717) is 94.1 Å². The van der Waals surface area contributed by atoms with Gasteiger partial charge >= 0.3 is 12.1 Å². The van der Waals surface area contributed by atoms with Crippen molar-refractivity contribution in [1.82, 2.24) is 24.0 Å². The number of hydrogen-bond acceptors (Lipinski definition) is 14. The molecule has 1 aliphatic rings. The lowest BCUT2D eigenvalue weighted by Gasteiger charge is -2.26. The number of carboxylic acids is 1. The first kappa shape index (κ1) is 70.7. The monoisotopic (exact) mass is 1420 g/mol. The number of methoxy groups -OCH3 is 2. The number of aryl methyl sites for hydroxylation is 2. The first-order valence-electron chi connectivity index (χ1n) is 34.8. The predicted molar refractivity (Wildman–Crippen MR) is 411 cm³/mol. The number of rotatable bonds is 24. The van der Waals surface area contributed by atoms with Gasteiger partial charge in [0.05, 0.1) is 31.3 Å². The van der Waals surface area contributed by atoms with Gasteiger partial charge in [-0.1, -0.05) is 195 Å². The summed E-state index contributed by atoms with van der Waals surface area (Å²) in [5, 5.41) is 13.7. The molecular weight excluding hydrogens is 1350 g/mol. The summed E-state index contributed by atoms with van der Waals surface area (Å²) in [5.41, 5.74) is 11.3. The highest BCUT2D eigenvalue weighted by Crippen LogP contribution is 2.42. The van der Waals surface area contributed by atoms with Crippen LogP contribution in [0.5, 0.6) is 34.5 Å². The Morgan fingerprint density at radius 1 is 0.467 bits per heavy atom. The van der Waals surface area contributed by atoms with Gasteiger partial charge in [0.25, 0.3) is 5.91 Å². The molecule has 5 heterocycles. The number of aromatic nitrogens is 4. The van der Waals surface area contributed by atoms with Crippen LogP contribution in [0.25, 0.3) is 66.5 Å². The summed E-state index contributed by atoms with van der Waals surface area (Å²) in [4.78, 5) is 50.6. The lowest BCUT2D eigenvalue weighted by Crippen LogP contribution is -2.44. The molecule has 0 spiro atoms. The van der Waals surface area contributed by atoms with Crippen LogP contribution in [-0.4, -0.2) is 73.9 Å². The van der Waals surface area contributed by atoms with E-state index < -0.39 is 36.2 Å². The van der Waals surface area contributed by atoms with E-state index in [1.165, 1.54) is 4.90 Å². The largest absolute Gasteiger partial charge is 0.493 e. The number of fused-ring (bicyclic) bond motifs is 6. The summed E-state index contributed by atoms with van der Waals surface area (Å²) in [6.07, 6.45) is -2.47. The number of imide groups is 1. The van der Waals surface area contributed by atoms with Gasteiger partial charge in [-0.3, -0.25) is 4.79 Å². The quantitative estimate of drug-likeness (QED) is 0.0598. The van der Waals surface area contributed by atoms with E-state index in [1.54, 1.807) is 26.4 Å². The lowest BCUT2D eigenvalue weighted by atomic mass is 10.0. The van der Waals surface area contributed by atoms with Gasteiger partial charge in [0.1, 0.15) is 54.2 Å². The molecule has 16 rings (SSSR count). The summed E-state index contributed by atoms with van der Waals surface area (Å²) in [7, 11) is 3.25. The van der Waals surface area contributed by atoms with Crippen molar-refractivity contribution in [1.29, 1.82) is 0 Å². The molecular formula is C89H77N5O13. The highest BCUT2D eigenvalue weighted by atomic mass is 16.6. The molecule has 18 nitrogen and oxygen atoms in total. The summed E-state index contributed by atoms with van der Waals surface area (Å²) < 4.78 is 58.7. The van der Waals surface area contributed by atoms with E-state index in [1.807, 2.05) is 257 Å². The van der Waals surface area contributed by atoms with E-state index >= 15 is 0 Å². The molecule has 4 aromatic heterocycles. The van der Waals surface area contributed by atoms with Crippen molar-refractivity contribution in [3.8, 4) is 57.4 Å². The van der Waals surface area contributed by atoms with Crippen molar-refractivity contribution < 1.29 is 61.5 Å². The maximum absolute atomic E-state index is 14.6. The number of ether oxygens (including phenoxy) is 7. The number of cyclic esters (lactones) is 1. The van der Waals surface area contributed by atoms with Gasteiger partial charge in [0.15, 0.2) is 23.0 Å². The fraction of sp³-hybridized carbons (Fsp3) is 0.157. The van der Waals surface area contributed by atoms with Crippen LogP contribution in [0.3, 0.4) is 0 Å². The van der Waals surface area contributed by atoms with Crippen LogP contribution in [0.15, 0.2) is 282 Å². The number of nitrogens with zero attached hydrogens (tertiary/aromatic N) is 5. The Morgan fingerprint density at radius 2 is 0.879 bits per heavy atom. The summed E-state index contributed by atoms with van der Waals surface area (Å²) in [5.74, 6) is 4.37. The van der Waals surface area contributed by atoms with Crippen LogP contribution in [0.4, 0.5) is 4.79 Å². The highest BCUT2D eigenvalue weighted by molar-refractivity contribution is 6.12. The standard InChI is InChI=1S/C49H41N3O7.C39H32N2O6.CH4/c1-32-39(50-47(58-32)36-19-10-5-11-20-36)31-56-42-26-25-34(28-44(42)55-2)29-51-40-22-13-12-21-38(40)45-41(51)23-14-24-43(45)59-46(35-17-8-4-9-18-35)48(53)52-37(30-57-49(52)54)27-33-15-6-3-7-16-33;1-25-30(40-38(46-25)28-14-7-4-8-15-28)24-45-33-21-20-26(22-35(33)44-2)23-41-31-17-10-9-16-29(31)36-32(41)18-11-19-34(36)47-37(39(42)43)27-12-5-3-6-13-27;/h3-26,28,37,46H,27,29-31H2,1-2H3;3-22,37H,23-24H2,1-2H3,(H,42,43);1H4/t37-,46?;;/m0../s1. The third kappa shape index (κ3) is 15.0. The number of hydrogen-bond donors (Lipinski definition) is 1. The van der Waals surface area contributed by atoms with Gasteiger partial charge in [-0.05, 0) is 122 Å². The SMILES string of the molecule is C.COc1cc(Cn2c3ccccc3c3c(OC(C(=O)N4C(=O)OC[C@@H]4Cc4ccccc4)c4ccccc4)cccc32)ccc1OCc1nc(-c2ccccc2)oc1C.COc1cc(Cn2c3ccccc3c3c(OC(C(=O)O)c4ccccc4)cccc32)ccc1OCc1nc(-c2ccccc2)oc1C. The molecule has 0 radical (unpaired) electrons. The first-order valence-corrected chi connectivity index (χ1v) is 34.8. The second-order valence-electron chi connectivity index (χ2n) is 25.6. The van der Waals surface area contributed by atoms with Gasteiger partial charge in [0, 0.05) is 67.9 Å². The van der Waals surface area contributed by atoms with Crippen molar-refractivity contribution >= 4 is 61.6 Å². The summed E-state index contributed by atoms with van der Waals surface area (Å²) in [6, 6.07) is 86.7. The average Bonchev–Trinajstić information content (AvgIpc) is 1.60. The molecule has 2 unspecified atom stereocenters. The number of para-hydroxylation sites is 2. The predicted octanol–water partition coefficient (Wildman–Crippen LogP) is 19.3. The highest BCUT2D eigenvalue weighted by Gasteiger charge is 2.43. The second kappa shape index (κ2) is 31.7. The zero-order valence-electron chi connectivity index (χ0n) is 58.5. The molecule has 0 bridgehead atoms. The molecule has 15 aromatic rings. The van der Waals surface area contributed by atoms with E-state index in [4.69, 9.17) is 42.0 Å². The van der Waals surface area contributed by atoms with Gasteiger partial charge < -0.3 is 56.2 Å². The van der Waals surface area contributed by atoms with E-state index in [9.17, 15) is 19.5 Å². The average molecular weight is 1420 g/mol. The van der Waals surface area contributed by atoms with Crippen LogP contribution in [-0.2, 0) is 47.1 Å². The third-order valence-electron chi connectivity index (χ3n) is 18.9. The normalized spacial score (nSPS) is 13.1. The molecule has 1 fully saturated rings. The van der Waals surface area contributed by atoms with Crippen molar-refractivity contribution in [3.05, 3.63) is 324 Å². The maximum atomic E-state index is 14.6. The molecule has 1 aliphatic heterocycles. The Balaban J connectivity index is 0.000000182. The van der Waals surface area contributed by atoms with Gasteiger partial charge in [-0.25, -0.2) is 24.5 Å². The number of oxazole rings is 2. The molecule has 1 N–H and O–H groups in total. The molecule has 11 aromatic carbocycles. The van der Waals surface area contributed by atoms with Gasteiger partial charge in [-0.15, -0.1) is 0 Å². The molecule has 107 heavy (non-hydrogen) atoms. The van der Waals surface area contributed by atoms with Crippen LogP contribution in [0.2, 0.25) is 0 Å². The molecule has 1 saturated heterocycles. The first-order chi connectivity index (χ1) is 51.9. The topological polar surface area (TPSA) is 201 Å². The van der Waals surface area contributed by atoms with Crippen molar-refractivity contribution in [2.45, 2.75) is 72.2 Å². The Kier molecular flexibility index (Phi) is 20.9. The van der Waals surface area contributed by atoms with Gasteiger partial charge in [-0.2, -0.15) is 0 Å². The number of carbonyl (C=O) groups excluding carboxylic acids is 2. The van der Waals surface area contributed by atoms with E-state index in [2.05, 4.69) is 37.3 Å². The molecule has 0 saturated carbocycles. The zero-order valence-corrected chi connectivity index (χ0v) is 58.5. The fourth-order valence-electron chi connectivity index (χ4n) is 13.6. The number of carbonyl (C=O) groups is 3. The van der Waals surface area contributed by atoms with Crippen LogP contribution in [0.1, 0.15) is 70.4 Å². The van der Waals surface area contributed by atoms with Crippen molar-refractivity contribution in [2.24, 2.45) is 0 Å². The third-order valence-corrected chi connectivity index (χ3v) is 18.9. The Hall–Kier alpha value is -13.4. The van der Waals surface area contributed by atoms with Gasteiger partial charge in [0.2, 0.25) is 24.0 Å². The molecule has 0 aliphatic carbocycles. The summed E-state index contributed by atoms with van der Waals surface area (Å²) >= 11 is 0. The molecule has 3 atom stereocenters. The minimum absolute atomic E-state index is 0. The van der Waals surface area contributed by atoms with Crippen molar-refractivity contribution in [3.63, 3.8) is 0 Å². The zero-order chi connectivity index (χ0) is 72.6. The number of carboxylic acid groups (broad SMARTS) is 1. The molecule has 2 amide bonds. The number of amides is 2. The van der Waals surface area contributed by atoms with Crippen LogP contribution >= 0.6 is 0 Å². The van der Waals surface area contributed by atoms with E-state index in [0.717, 1.165) is 77.1 Å². The Bertz CT molecular complexity index is 5640. The fourth-order valence-corrected chi connectivity index (χ4v) is 13.6. The molecule has 18 heteroatoms. The number of aliphatic carboxylic acids is 1. The van der Waals surface area contributed by atoms with Crippen molar-refractivity contribution in [2.75, 3.05) is 20.8 Å². The maximum Gasteiger partial charge on any atom is 0.417 e. The minimum atomic E-state index is -1.15. The van der Waals surface area contributed by atoms with Crippen LogP contribution < -0.4 is 28.4 Å². The van der Waals surface area contributed by atoms with Crippen LogP contribution in [0, 0.1) is 13.8 Å². The summed E-state index contributed by atoms with van der Waals surface area (Å²) in [6.45, 7) is 5.36. The molecule has 536 valence electrons. The second-order valence-corrected chi connectivity index (χ2v) is 25.6. The Labute approximate surface area is 618 Å².